The summed E-state index contributed by atoms with van der Waals surface area (Å²) in [5, 5.41) is 0. The van der Waals surface area contributed by atoms with Crippen molar-refractivity contribution in [2.45, 2.75) is 46.3 Å². The van der Waals surface area contributed by atoms with Crippen molar-refractivity contribution in [2.24, 2.45) is 0 Å². The summed E-state index contributed by atoms with van der Waals surface area (Å²) < 4.78 is 27.1. The smallest absolute Gasteiger partial charge is 0.402 e. The minimum Gasteiger partial charge on any atom is -0.462 e. The second-order valence-electron chi connectivity index (χ2n) is 4.27. The van der Waals surface area contributed by atoms with Gasteiger partial charge in [-0.2, -0.15) is 0 Å². The van der Waals surface area contributed by atoms with Crippen molar-refractivity contribution in [1.82, 2.24) is 0 Å². The molecule has 0 aliphatic heterocycles. The molecule has 0 aromatic heterocycles. The summed E-state index contributed by atoms with van der Waals surface area (Å²) in [7, 11) is -0.907. The number of rotatable bonds is 13. The van der Waals surface area contributed by atoms with E-state index in [9.17, 15) is 4.79 Å². The van der Waals surface area contributed by atoms with E-state index in [1.54, 1.807) is 6.92 Å². The third kappa shape index (κ3) is 9.00. The van der Waals surface area contributed by atoms with Gasteiger partial charge in [-0.1, -0.05) is 6.58 Å². The molecule has 0 heterocycles. The van der Waals surface area contributed by atoms with Gasteiger partial charge < -0.3 is 23.4 Å². The predicted molar refractivity (Wildman–Crippen MR) is 82.4 cm³/mol. The van der Waals surface area contributed by atoms with Crippen molar-refractivity contribution in [3.63, 3.8) is 0 Å². The van der Waals surface area contributed by atoms with Gasteiger partial charge >= 0.3 is 12.1 Å². The van der Waals surface area contributed by atoms with Crippen molar-refractivity contribution < 1.29 is 28.2 Å². The van der Waals surface area contributed by atoms with E-state index >= 15 is 0 Å². The monoisotopic (exact) mass is 320 g/mol. The molecule has 21 heavy (non-hydrogen) atoms. The number of hydrogen-bond donors (Lipinski definition) is 0. The van der Waals surface area contributed by atoms with Crippen molar-refractivity contribution >= 4 is 15.7 Å². The largest absolute Gasteiger partial charge is 0.462 e. The molecule has 0 atom stereocenters. The quantitative estimate of drug-likeness (QED) is 0.169. The van der Waals surface area contributed by atoms with Crippen molar-refractivity contribution in [3.05, 3.63) is 12.2 Å². The van der Waals surface area contributed by atoms with Gasteiger partial charge in [0.2, 0.25) is 0 Å². The summed E-state index contributed by atoms with van der Waals surface area (Å²) in [6, 6.07) is 0.832. The molecule has 0 aromatic carbocycles. The number of ether oxygens (including phenoxy) is 4. The first-order valence-corrected chi connectivity index (χ1v) is 8.97. The van der Waals surface area contributed by atoms with E-state index in [0.29, 0.717) is 32.0 Å². The molecule has 0 unspecified atom stereocenters. The summed E-state index contributed by atoms with van der Waals surface area (Å²) in [5.41, 5.74) is 0.409. The van der Waals surface area contributed by atoms with Crippen LogP contribution in [0.25, 0.3) is 0 Å². The number of hydrogen-bond acceptors (Lipinski definition) is 6. The van der Waals surface area contributed by atoms with Gasteiger partial charge in [-0.05, 0) is 40.2 Å². The van der Waals surface area contributed by atoms with Crippen molar-refractivity contribution in [2.75, 3.05) is 26.4 Å². The fourth-order valence-corrected chi connectivity index (χ4v) is 2.52. The van der Waals surface area contributed by atoms with Gasteiger partial charge in [-0.3, -0.25) is 0 Å². The maximum atomic E-state index is 11.2. The summed E-state index contributed by atoms with van der Waals surface area (Å²) in [4.78, 5) is 11.2. The van der Waals surface area contributed by atoms with Gasteiger partial charge in [0, 0.05) is 5.57 Å². The normalized spacial score (nSPS) is 12.0. The highest BCUT2D eigenvalue weighted by atomic mass is 28.2. The highest BCUT2D eigenvalue weighted by molar-refractivity contribution is 6.27. The molecule has 0 saturated heterocycles. The third-order valence-electron chi connectivity index (χ3n) is 2.36. The van der Waals surface area contributed by atoms with E-state index in [4.69, 9.17) is 23.4 Å². The highest BCUT2D eigenvalue weighted by Crippen LogP contribution is 2.17. The Balaban J connectivity index is 4.01. The topological polar surface area (TPSA) is 63.2 Å². The molecule has 0 N–H and O–H groups in total. The van der Waals surface area contributed by atoms with Crippen LogP contribution in [0.3, 0.4) is 0 Å². The lowest BCUT2D eigenvalue weighted by Gasteiger charge is -2.31. The molecule has 0 fully saturated rings. The Morgan fingerprint density at radius 2 is 1.62 bits per heavy atom. The zero-order valence-electron chi connectivity index (χ0n) is 13.6. The van der Waals surface area contributed by atoms with E-state index < -0.39 is 15.9 Å². The fraction of sp³-hybridized carbons (Fsp3) is 0.786. The fourth-order valence-electron chi connectivity index (χ4n) is 1.47. The van der Waals surface area contributed by atoms with Crippen LogP contribution in [0.15, 0.2) is 12.2 Å². The lowest BCUT2D eigenvalue weighted by molar-refractivity contribution is -0.469. The van der Waals surface area contributed by atoms with E-state index in [1.165, 1.54) is 0 Å². The van der Waals surface area contributed by atoms with Crippen LogP contribution in [0.5, 0.6) is 0 Å². The molecule has 6 nitrogen and oxygen atoms in total. The zero-order chi connectivity index (χ0) is 16.1. The molecule has 0 radical (unpaired) electrons. The number of esters is 1. The maximum Gasteiger partial charge on any atom is 0.402 e. The average molecular weight is 320 g/mol. The molecule has 0 aliphatic carbocycles. The lowest BCUT2D eigenvalue weighted by Crippen LogP contribution is -2.43. The van der Waals surface area contributed by atoms with E-state index in [-0.39, 0.29) is 5.97 Å². The molecule has 0 rings (SSSR count). The van der Waals surface area contributed by atoms with E-state index in [2.05, 4.69) is 6.58 Å². The Hall–Kier alpha value is -0.733. The Bertz CT molecular complexity index is 291. The second-order valence-corrected chi connectivity index (χ2v) is 5.67. The molecular weight excluding hydrogens is 292 g/mol. The molecule has 0 aliphatic rings. The summed E-state index contributed by atoms with van der Waals surface area (Å²) in [6.45, 7) is 12.4. The van der Waals surface area contributed by atoms with Crippen LogP contribution in [-0.2, 0) is 28.2 Å². The SMILES string of the molecule is C=C(C)C(=O)OCCC[SiH2]OC(OCC)(OCC)OCC. The Morgan fingerprint density at radius 3 is 2.05 bits per heavy atom. The maximum absolute atomic E-state index is 11.2. The van der Waals surface area contributed by atoms with E-state index in [1.807, 2.05) is 20.8 Å². The van der Waals surface area contributed by atoms with Crippen LogP contribution < -0.4 is 0 Å². The molecule has 0 spiro atoms. The van der Waals surface area contributed by atoms with Crippen LogP contribution >= 0.6 is 0 Å². The van der Waals surface area contributed by atoms with Gasteiger partial charge in [0.05, 0.1) is 26.4 Å². The standard InChI is InChI=1S/C14H28O6Si/c1-6-17-14(18-7-2,19-8-3)20-21-11-9-10-16-13(15)12(4)5/h4,6-11,21H2,1-3,5H3. The highest BCUT2D eigenvalue weighted by Gasteiger charge is 2.33. The van der Waals surface area contributed by atoms with Gasteiger partial charge in [0.1, 0.15) is 0 Å². The summed E-state index contributed by atoms with van der Waals surface area (Å²) >= 11 is 0. The Labute approximate surface area is 129 Å². The number of carbonyl (C=O) groups excluding carboxylic acids is 1. The Morgan fingerprint density at radius 1 is 1.10 bits per heavy atom. The first-order chi connectivity index (χ1) is 10.0. The van der Waals surface area contributed by atoms with Gasteiger partial charge in [0.15, 0.2) is 9.76 Å². The van der Waals surface area contributed by atoms with E-state index in [0.717, 1.165) is 12.5 Å². The van der Waals surface area contributed by atoms with Crippen LogP contribution in [0, 0.1) is 0 Å². The lowest BCUT2D eigenvalue weighted by atomic mass is 10.4. The molecule has 7 heteroatoms. The van der Waals surface area contributed by atoms with Crippen molar-refractivity contribution in [3.8, 4) is 0 Å². The predicted octanol–water partition coefficient (Wildman–Crippen LogP) is 1.74. The van der Waals surface area contributed by atoms with Crippen molar-refractivity contribution in [1.29, 1.82) is 0 Å². The first kappa shape index (κ1) is 20.3. The van der Waals surface area contributed by atoms with Crippen LogP contribution in [0.2, 0.25) is 6.04 Å². The van der Waals surface area contributed by atoms with Crippen LogP contribution in [0.1, 0.15) is 34.1 Å². The Kier molecular flexibility index (Phi) is 11.5. The molecule has 0 amide bonds. The molecule has 0 bridgehead atoms. The van der Waals surface area contributed by atoms with Gasteiger partial charge in [-0.15, -0.1) is 0 Å². The molecule has 0 aromatic rings. The summed E-state index contributed by atoms with van der Waals surface area (Å²) in [6.07, 6.45) is -0.634. The molecule has 124 valence electrons. The van der Waals surface area contributed by atoms with Crippen LogP contribution in [0.4, 0.5) is 0 Å². The zero-order valence-corrected chi connectivity index (χ0v) is 15.0. The van der Waals surface area contributed by atoms with Crippen LogP contribution in [-0.4, -0.2) is 48.3 Å². The third-order valence-corrected chi connectivity index (χ3v) is 3.71. The molecular formula is C14H28O6Si. The first-order valence-electron chi connectivity index (χ1n) is 7.39. The minimum absolute atomic E-state index is 0.357. The summed E-state index contributed by atoms with van der Waals surface area (Å²) in [5.74, 6) is -0.357. The second kappa shape index (κ2) is 11.9. The average Bonchev–Trinajstić information content (AvgIpc) is 2.43. The minimum atomic E-state index is -1.38. The molecule has 0 saturated carbocycles. The number of carbonyl (C=O) groups is 1. The van der Waals surface area contributed by atoms with Gasteiger partial charge in [-0.25, -0.2) is 4.79 Å². The van der Waals surface area contributed by atoms with Gasteiger partial charge in [0.25, 0.3) is 0 Å².